The average Bonchev–Trinajstić information content (AvgIpc) is 3.19. The summed E-state index contributed by atoms with van der Waals surface area (Å²) in [6, 6.07) is 0. The molecule has 0 atom stereocenters. The van der Waals surface area contributed by atoms with Gasteiger partial charge in [0.2, 0.25) is 0 Å². The minimum Gasteiger partial charge on any atom is -0.304 e. The van der Waals surface area contributed by atoms with Gasteiger partial charge in [-0.2, -0.15) is 14.2 Å². The first kappa shape index (κ1) is 25.9. The summed E-state index contributed by atoms with van der Waals surface area (Å²) in [6.45, 7) is -0.435. The molecule has 0 fully saturated rings. The highest BCUT2D eigenvalue weighted by Crippen LogP contribution is 2.46. The monoisotopic (exact) mass is 529 g/mol. The maximum absolute atomic E-state index is 12.6. The lowest BCUT2D eigenvalue weighted by Crippen LogP contribution is -2.29. The molecule has 17 heteroatoms. The van der Waals surface area contributed by atoms with Crippen molar-refractivity contribution in [2.45, 2.75) is 31.0 Å². The molecule has 0 spiro atoms. The van der Waals surface area contributed by atoms with Crippen molar-refractivity contribution in [2.24, 2.45) is 16.8 Å². The standard InChI is InChI=1S/C17H20N7O7PS2/c18-10(13-14(26)22-16(27)23-15(13)33)6-12(25)21-17-24(8-29-32(28,30-19)31-20)11(7-34-17)9-4-2-1-3-5-9/h1-2,4,7,18H,3,5-6,8,19-20H2,(H3,22,23,26,27,33). The predicted molar refractivity (Wildman–Crippen MR) is 125 cm³/mol. The Morgan fingerprint density at radius 3 is 2.68 bits per heavy atom. The van der Waals surface area contributed by atoms with Crippen molar-refractivity contribution < 1.29 is 23.1 Å². The van der Waals surface area contributed by atoms with E-state index in [4.69, 9.17) is 21.7 Å². The summed E-state index contributed by atoms with van der Waals surface area (Å²) in [6.07, 6.45) is 6.67. The molecule has 1 aliphatic rings. The molecule has 3 rings (SSSR count). The number of phosphoric acid groups is 1. The third kappa shape index (κ3) is 6.05. The Kier molecular flexibility index (Phi) is 8.51. The molecule has 2 aromatic heterocycles. The van der Waals surface area contributed by atoms with Gasteiger partial charge in [0.15, 0.2) is 4.80 Å². The Balaban J connectivity index is 1.94. The number of carbonyl (C=O) groups is 1. The Morgan fingerprint density at radius 1 is 1.32 bits per heavy atom. The molecule has 1 aliphatic carbocycles. The first-order chi connectivity index (χ1) is 16.2. The van der Waals surface area contributed by atoms with E-state index < -0.39 is 43.8 Å². The number of hydrogen-bond donors (Lipinski definition) is 6. The molecule has 182 valence electrons. The second kappa shape index (κ2) is 11.2. The van der Waals surface area contributed by atoms with Gasteiger partial charge >= 0.3 is 13.5 Å². The average molecular weight is 529 g/mol. The lowest BCUT2D eigenvalue weighted by molar-refractivity contribution is -0.116. The van der Waals surface area contributed by atoms with Gasteiger partial charge in [-0.05, 0) is 18.4 Å². The predicted octanol–water partition coefficient (Wildman–Crippen LogP) is 0.697. The molecule has 0 aromatic carbocycles. The number of thiazole rings is 1. The number of carbonyl (C=O) groups excluding carboxylic acids is 1. The number of amides is 1. The molecule has 14 nitrogen and oxygen atoms in total. The molecular formula is C17H20N7O7PS2. The van der Waals surface area contributed by atoms with E-state index in [1.807, 2.05) is 23.2 Å². The maximum atomic E-state index is 12.6. The van der Waals surface area contributed by atoms with Crippen molar-refractivity contribution in [3.05, 3.63) is 60.5 Å². The van der Waals surface area contributed by atoms with Crippen LogP contribution in [-0.2, 0) is 29.9 Å². The van der Waals surface area contributed by atoms with Gasteiger partial charge in [-0.15, -0.1) is 24.0 Å². The Morgan fingerprint density at radius 2 is 2.06 bits per heavy atom. The summed E-state index contributed by atoms with van der Waals surface area (Å²) in [7, 11) is -4.24. The van der Waals surface area contributed by atoms with E-state index in [9.17, 15) is 18.9 Å². The van der Waals surface area contributed by atoms with Crippen LogP contribution in [0.3, 0.4) is 0 Å². The van der Waals surface area contributed by atoms with Crippen LogP contribution in [0.1, 0.15) is 30.5 Å². The van der Waals surface area contributed by atoms with Gasteiger partial charge in [-0.3, -0.25) is 23.7 Å². The number of thiol groups is 1. The number of allylic oxidation sites excluding steroid dienone is 4. The Bertz CT molecular complexity index is 1390. The highest BCUT2D eigenvalue weighted by Gasteiger charge is 2.26. The van der Waals surface area contributed by atoms with Crippen molar-refractivity contribution in [1.29, 1.82) is 5.41 Å². The molecule has 2 heterocycles. The normalized spacial score (nSPS) is 14.3. The van der Waals surface area contributed by atoms with E-state index >= 15 is 0 Å². The molecule has 0 bridgehead atoms. The number of nitrogens with zero attached hydrogens (tertiary/aromatic N) is 2. The van der Waals surface area contributed by atoms with Crippen molar-refractivity contribution in [3.8, 4) is 0 Å². The second-order valence-corrected chi connectivity index (χ2v) is 9.56. The number of H-pyrrole nitrogens is 2. The number of nitrogens with one attached hydrogen (secondary N) is 3. The Hall–Kier alpha value is -2.69. The van der Waals surface area contributed by atoms with Crippen LogP contribution in [0, 0.1) is 5.41 Å². The van der Waals surface area contributed by atoms with Crippen LogP contribution in [0.15, 0.2) is 43.2 Å². The Labute approximate surface area is 200 Å². The molecule has 7 N–H and O–H groups in total. The molecule has 2 aromatic rings. The van der Waals surface area contributed by atoms with Crippen LogP contribution in [-0.4, -0.2) is 26.2 Å². The number of hydrogen-bond acceptors (Lipinski definition) is 12. The first-order valence-electron chi connectivity index (χ1n) is 9.44. The summed E-state index contributed by atoms with van der Waals surface area (Å²) < 4.78 is 27.0. The van der Waals surface area contributed by atoms with Crippen LogP contribution in [0.5, 0.6) is 0 Å². The third-order valence-electron chi connectivity index (χ3n) is 4.52. The topological polar surface area (TPSA) is 221 Å². The zero-order chi connectivity index (χ0) is 24.9. The summed E-state index contributed by atoms with van der Waals surface area (Å²) in [5.74, 6) is 9.08. The molecule has 1 amide bonds. The fourth-order valence-electron chi connectivity index (χ4n) is 2.97. The van der Waals surface area contributed by atoms with E-state index in [1.165, 1.54) is 4.57 Å². The van der Waals surface area contributed by atoms with Gasteiger partial charge in [0, 0.05) is 5.38 Å². The van der Waals surface area contributed by atoms with E-state index in [0.29, 0.717) is 12.1 Å². The summed E-state index contributed by atoms with van der Waals surface area (Å²) in [4.78, 5) is 44.3. The molecule has 0 saturated heterocycles. The first-order valence-corrected chi connectivity index (χ1v) is 12.2. The lowest BCUT2D eigenvalue weighted by atomic mass is 10.0. The highest BCUT2D eigenvalue weighted by molar-refractivity contribution is 7.80. The molecule has 0 unspecified atom stereocenters. The largest absolute Gasteiger partial charge is 0.509 e. The van der Waals surface area contributed by atoms with Gasteiger partial charge < -0.3 is 10.4 Å². The van der Waals surface area contributed by atoms with Gasteiger partial charge in [0.1, 0.15) is 6.73 Å². The van der Waals surface area contributed by atoms with Crippen LogP contribution in [0.25, 0.3) is 5.57 Å². The zero-order valence-corrected chi connectivity index (χ0v) is 20.0. The van der Waals surface area contributed by atoms with Gasteiger partial charge in [-0.1, -0.05) is 18.2 Å². The summed E-state index contributed by atoms with van der Waals surface area (Å²) in [5, 5.41) is 9.67. The van der Waals surface area contributed by atoms with Gasteiger partial charge in [0.25, 0.3) is 11.5 Å². The van der Waals surface area contributed by atoms with Crippen molar-refractivity contribution in [3.63, 3.8) is 0 Å². The third-order valence-corrected chi connectivity index (χ3v) is 6.66. The molecule has 0 radical (unpaired) electrons. The second-order valence-electron chi connectivity index (χ2n) is 6.70. The van der Waals surface area contributed by atoms with E-state index in [2.05, 4.69) is 31.9 Å². The van der Waals surface area contributed by atoms with Crippen molar-refractivity contribution >= 4 is 49.0 Å². The zero-order valence-electron chi connectivity index (χ0n) is 17.3. The number of rotatable bonds is 9. The molecule has 0 saturated carbocycles. The minimum atomic E-state index is -4.24. The maximum Gasteiger partial charge on any atom is 0.509 e. The summed E-state index contributed by atoms with van der Waals surface area (Å²) in [5.41, 5.74) is -0.762. The number of nitrogens with two attached hydrogens (primary N) is 2. The lowest BCUT2D eigenvalue weighted by Gasteiger charge is -2.16. The molecule has 34 heavy (non-hydrogen) atoms. The number of aromatic amines is 2. The van der Waals surface area contributed by atoms with Crippen LogP contribution in [0.4, 0.5) is 0 Å². The molecule has 0 aliphatic heterocycles. The summed E-state index contributed by atoms with van der Waals surface area (Å²) >= 11 is 5.08. The molecular weight excluding hydrogens is 509 g/mol. The van der Waals surface area contributed by atoms with Crippen LogP contribution < -0.4 is 27.8 Å². The van der Waals surface area contributed by atoms with E-state index in [1.54, 1.807) is 5.38 Å². The SMILES string of the molecule is N=C(CC(=O)N=c1scc(C2=CC=CCC2)n1COP(=O)(ON)ON)c1c(S)[nH]c(=O)[nH]c1=O. The van der Waals surface area contributed by atoms with Crippen LogP contribution in [0.2, 0.25) is 0 Å². The van der Waals surface area contributed by atoms with Crippen molar-refractivity contribution in [1.82, 2.24) is 14.5 Å². The van der Waals surface area contributed by atoms with E-state index in [0.717, 1.165) is 23.3 Å². The smallest absolute Gasteiger partial charge is 0.304 e. The fourth-order valence-corrected chi connectivity index (χ4v) is 4.66. The van der Waals surface area contributed by atoms with Gasteiger partial charge in [-0.25, -0.2) is 21.2 Å². The minimum absolute atomic E-state index is 0.144. The highest BCUT2D eigenvalue weighted by atomic mass is 32.1. The van der Waals surface area contributed by atoms with Crippen molar-refractivity contribution in [2.75, 3.05) is 0 Å². The van der Waals surface area contributed by atoms with Crippen LogP contribution >= 0.6 is 31.8 Å². The fraction of sp³-hybridized carbons (Fsp3) is 0.235. The quantitative estimate of drug-likeness (QED) is 0.0883. The van der Waals surface area contributed by atoms with Gasteiger partial charge in [0.05, 0.1) is 28.4 Å². The van der Waals surface area contributed by atoms with E-state index in [-0.39, 0.29) is 15.4 Å². The number of aromatic nitrogens is 3.